The third-order valence-corrected chi connectivity index (χ3v) is 5.01. The summed E-state index contributed by atoms with van der Waals surface area (Å²) < 4.78 is 1.03. The van der Waals surface area contributed by atoms with E-state index in [0.29, 0.717) is 0 Å². The predicted molar refractivity (Wildman–Crippen MR) is 78.8 cm³/mol. The molecule has 0 aromatic heterocycles. The minimum atomic E-state index is 0.106. The van der Waals surface area contributed by atoms with Gasteiger partial charge in [0.2, 0.25) is 0 Å². The Hall–Kier alpha value is -0.190. The van der Waals surface area contributed by atoms with Gasteiger partial charge in [0.25, 0.3) is 0 Å². The van der Waals surface area contributed by atoms with Gasteiger partial charge in [-0.2, -0.15) is 11.8 Å². The third-order valence-electron chi connectivity index (χ3n) is 3.15. The Morgan fingerprint density at radius 3 is 3.06 bits per heavy atom. The predicted octanol–water partition coefficient (Wildman–Crippen LogP) is 3.27. The summed E-state index contributed by atoms with van der Waals surface area (Å²) in [5.41, 5.74) is 2.20. The molecule has 0 aliphatic carbocycles. The van der Waals surface area contributed by atoms with E-state index in [0.717, 1.165) is 28.4 Å². The number of benzene rings is 1. The van der Waals surface area contributed by atoms with Crippen LogP contribution in [0.15, 0.2) is 22.7 Å². The van der Waals surface area contributed by atoms with E-state index in [-0.39, 0.29) is 6.61 Å². The topological polar surface area (TPSA) is 23.5 Å². The zero-order valence-corrected chi connectivity index (χ0v) is 12.4. The van der Waals surface area contributed by atoms with Crippen LogP contribution in [0.2, 0.25) is 0 Å². The van der Waals surface area contributed by atoms with Crippen molar-refractivity contribution in [1.82, 2.24) is 0 Å². The standard InChI is InChI=1S/C13H18BrNOS/c1-2-12-8-15(5-6-17-12)13-4-3-11(14)7-10(13)9-16/h3-4,7,12,16H,2,5-6,8-9H2,1H3. The minimum Gasteiger partial charge on any atom is -0.392 e. The van der Waals surface area contributed by atoms with Gasteiger partial charge < -0.3 is 10.0 Å². The zero-order chi connectivity index (χ0) is 12.3. The van der Waals surface area contributed by atoms with Crippen LogP contribution in [-0.2, 0) is 6.61 Å². The average Bonchev–Trinajstić information content (AvgIpc) is 2.38. The fraction of sp³-hybridized carbons (Fsp3) is 0.538. The highest BCUT2D eigenvalue weighted by Crippen LogP contribution is 2.30. The Bertz CT molecular complexity index is 386. The van der Waals surface area contributed by atoms with Crippen LogP contribution in [-0.4, -0.2) is 29.2 Å². The molecule has 0 amide bonds. The maximum Gasteiger partial charge on any atom is 0.0702 e. The molecule has 1 unspecified atom stereocenters. The molecule has 1 atom stereocenters. The molecule has 17 heavy (non-hydrogen) atoms. The van der Waals surface area contributed by atoms with E-state index in [1.807, 2.05) is 6.07 Å². The van der Waals surface area contributed by atoms with Crippen molar-refractivity contribution in [3.05, 3.63) is 28.2 Å². The normalized spacial score (nSPS) is 20.6. The van der Waals surface area contributed by atoms with Gasteiger partial charge in [-0.1, -0.05) is 22.9 Å². The fourth-order valence-electron chi connectivity index (χ4n) is 2.17. The van der Waals surface area contributed by atoms with Crippen LogP contribution in [0, 0.1) is 0 Å². The van der Waals surface area contributed by atoms with Gasteiger partial charge in [-0.15, -0.1) is 0 Å². The van der Waals surface area contributed by atoms with E-state index in [1.165, 1.54) is 17.9 Å². The second-order valence-corrected chi connectivity index (χ2v) is 6.60. The van der Waals surface area contributed by atoms with Crippen molar-refractivity contribution in [3.8, 4) is 0 Å². The molecule has 1 aliphatic heterocycles. The monoisotopic (exact) mass is 315 g/mol. The van der Waals surface area contributed by atoms with Gasteiger partial charge >= 0.3 is 0 Å². The molecule has 4 heteroatoms. The molecule has 1 aliphatic rings. The van der Waals surface area contributed by atoms with Crippen molar-refractivity contribution in [1.29, 1.82) is 0 Å². The average molecular weight is 316 g/mol. The summed E-state index contributed by atoms with van der Waals surface area (Å²) in [6, 6.07) is 6.17. The van der Waals surface area contributed by atoms with Crippen molar-refractivity contribution in [2.45, 2.75) is 25.2 Å². The van der Waals surface area contributed by atoms with E-state index in [1.54, 1.807) is 0 Å². The molecule has 1 aromatic rings. The van der Waals surface area contributed by atoms with Gasteiger partial charge in [0, 0.05) is 39.8 Å². The van der Waals surface area contributed by atoms with Gasteiger partial charge in [0.15, 0.2) is 0 Å². The van der Waals surface area contributed by atoms with Crippen molar-refractivity contribution < 1.29 is 5.11 Å². The Morgan fingerprint density at radius 2 is 2.35 bits per heavy atom. The maximum absolute atomic E-state index is 9.44. The lowest BCUT2D eigenvalue weighted by Crippen LogP contribution is -2.38. The van der Waals surface area contributed by atoms with Crippen LogP contribution in [0.4, 0.5) is 5.69 Å². The van der Waals surface area contributed by atoms with Gasteiger partial charge in [-0.05, 0) is 24.6 Å². The van der Waals surface area contributed by atoms with Crippen LogP contribution in [0.3, 0.4) is 0 Å². The zero-order valence-electron chi connectivity index (χ0n) is 10.0. The van der Waals surface area contributed by atoms with Gasteiger partial charge in [0.05, 0.1) is 6.61 Å². The first-order chi connectivity index (χ1) is 8.24. The molecule has 1 N–H and O–H groups in total. The molecule has 0 bridgehead atoms. The molecule has 2 nitrogen and oxygen atoms in total. The summed E-state index contributed by atoms with van der Waals surface area (Å²) >= 11 is 5.52. The molecule has 0 saturated carbocycles. The number of thioether (sulfide) groups is 1. The first-order valence-electron chi connectivity index (χ1n) is 6.00. The van der Waals surface area contributed by atoms with E-state index < -0.39 is 0 Å². The first-order valence-corrected chi connectivity index (χ1v) is 7.84. The number of halogens is 1. The van der Waals surface area contributed by atoms with Gasteiger partial charge in [-0.3, -0.25) is 0 Å². The summed E-state index contributed by atoms with van der Waals surface area (Å²) in [7, 11) is 0. The number of hydrogen-bond donors (Lipinski definition) is 1. The van der Waals surface area contributed by atoms with Crippen molar-refractivity contribution in [3.63, 3.8) is 0 Å². The molecule has 1 fully saturated rings. The molecule has 1 heterocycles. The molecule has 2 rings (SSSR count). The van der Waals surface area contributed by atoms with Crippen LogP contribution < -0.4 is 4.90 Å². The summed E-state index contributed by atoms with van der Waals surface area (Å²) in [6.45, 7) is 4.52. The molecule has 1 aromatic carbocycles. The number of anilines is 1. The van der Waals surface area contributed by atoms with Gasteiger partial charge in [-0.25, -0.2) is 0 Å². The number of rotatable bonds is 3. The molecule has 94 valence electrons. The molecular weight excluding hydrogens is 298 g/mol. The van der Waals surface area contributed by atoms with Crippen molar-refractivity contribution >= 4 is 33.4 Å². The number of aliphatic hydroxyl groups is 1. The van der Waals surface area contributed by atoms with Crippen molar-refractivity contribution in [2.24, 2.45) is 0 Å². The van der Waals surface area contributed by atoms with E-state index in [4.69, 9.17) is 0 Å². The summed E-state index contributed by atoms with van der Waals surface area (Å²) in [5.74, 6) is 1.18. The molecule has 0 spiro atoms. The lowest BCUT2D eigenvalue weighted by molar-refractivity contribution is 0.282. The quantitative estimate of drug-likeness (QED) is 0.926. The smallest absolute Gasteiger partial charge is 0.0702 e. The fourth-order valence-corrected chi connectivity index (χ4v) is 3.76. The summed E-state index contributed by atoms with van der Waals surface area (Å²) in [5, 5.41) is 10.2. The maximum atomic E-state index is 9.44. The summed E-state index contributed by atoms with van der Waals surface area (Å²) in [4.78, 5) is 2.41. The highest BCUT2D eigenvalue weighted by Gasteiger charge is 2.20. The number of aliphatic hydroxyl groups excluding tert-OH is 1. The highest BCUT2D eigenvalue weighted by atomic mass is 79.9. The SMILES string of the molecule is CCC1CN(c2ccc(Br)cc2CO)CCS1. The van der Waals surface area contributed by atoms with Crippen LogP contribution in [0.1, 0.15) is 18.9 Å². The Kier molecular flexibility index (Phi) is 4.77. The van der Waals surface area contributed by atoms with E-state index in [9.17, 15) is 5.11 Å². The largest absolute Gasteiger partial charge is 0.392 e. The molecule has 1 saturated heterocycles. The van der Waals surface area contributed by atoms with Crippen LogP contribution >= 0.6 is 27.7 Å². The second kappa shape index (κ2) is 6.12. The Balaban J connectivity index is 2.20. The lowest BCUT2D eigenvalue weighted by atomic mass is 10.1. The highest BCUT2D eigenvalue weighted by molar-refractivity contribution is 9.10. The van der Waals surface area contributed by atoms with E-state index >= 15 is 0 Å². The Labute approximate surface area is 116 Å². The Morgan fingerprint density at radius 1 is 1.53 bits per heavy atom. The van der Waals surface area contributed by atoms with E-state index in [2.05, 4.69) is 51.6 Å². The number of nitrogens with zero attached hydrogens (tertiary/aromatic N) is 1. The second-order valence-electron chi connectivity index (χ2n) is 4.28. The van der Waals surface area contributed by atoms with Gasteiger partial charge in [0.1, 0.15) is 0 Å². The molecular formula is C13H18BrNOS. The first kappa shape index (κ1) is 13.2. The minimum absolute atomic E-state index is 0.106. The third kappa shape index (κ3) is 3.18. The summed E-state index contributed by atoms with van der Waals surface area (Å²) in [6.07, 6.45) is 1.21. The lowest BCUT2D eigenvalue weighted by Gasteiger charge is -2.34. The molecule has 0 radical (unpaired) electrons. The van der Waals surface area contributed by atoms with Crippen LogP contribution in [0.25, 0.3) is 0 Å². The van der Waals surface area contributed by atoms with Crippen LogP contribution in [0.5, 0.6) is 0 Å². The number of hydrogen-bond acceptors (Lipinski definition) is 3. The van der Waals surface area contributed by atoms with Crippen molar-refractivity contribution in [2.75, 3.05) is 23.7 Å².